The van der Waals surface area contributed by atoms with Gasteiger partial charge in [0.2, 0.25) is 17.7 Å². The molecule has 4 atom stereocenters. The third-order valence-electron chi connectivity index (χ3n) is 6.68. The zero-order chi connectivity index (χ0) is 25.0. The molecular weight excluding hydrogens is 436 g/mol. The Morgan fingerprint density at radius 2 is 1.88 bits per heavy atom. The van der Waals surface area contributed by atoms with E-state index < -0.39 is 35.3 Å². The lowest BCUT2D eigenvalue weighted by molar-refractivity contribution is -0.144. The van der Waals surface area contributed by atoms with Gasteiger partial charge in [-0.25, -0.2) is 0 Å². The normalized spacial score (nSPS) is 23.1. The van der Waals surface area contributed by atoms with Gasteiger partial charge in [0, 0.05) is 6.54 Å². The van der Waals surface area contributed by atoms with Crippen molar-refractivity contribution in [1.29, 1.82) is 0 Å². The van der Waals surface area contributed by atoms with Gasteiger partial charge in [-0.1, -0.05) is 45.0 Å². The number of nitrogens with one attached hydrogen (secondary N) is 3. The van der Waals surface area contributed by atoms with Crippen molar-refractivity contribution in [1.82, 2.24) is 20.9 Å². The van der Waals surface area contributed by atoms with E-state index in [9.17, 15) is 24.3 Å². The van der Waals surface area contributed by atoms with E-state index in [2.05, 4.69) is 22.0 Å². The van der Waals surface area contributed by atoms with Crippen molar-refractivity contribution in [2.45, 2.75) is 64.6 Å². The lowest BCUT2D eigenvalue weighted by Gasteiger charge is -2.36. The second kappa shape index (κ2) is 10.5. The number of carbonyl (C=O) groups excluding carboxylic acids is 3. The van der Waals surface area contributed by atoms with E-state index in [1.54, 1.807) is 7.05 Å². The van der Waals surface area contributed by atoms with Gasteiger partial charge in [-0.3, -0.25) is 19.2 Å². The Morgan fingerprint density at radius 1 is 1.18 bits per heavy atom. The predicted octanol–water partition coefficient (Wildman–Crippen LogP) is 1.23. The van der Waals surface area contributed by atoms with Gasteiger partial charge in [0.15, 0.2) is 0 Å². The summed E-state index contributed by atoms with van der Waals surface area (Å²) in [6, 6.07) is 6.00. The van der Waals surface area contributed by atoms with Crippen LogP contribution >= 0.6 is 0 Å². The molecule has 0 aromatic heterocycles. The van der Waals surface area contributed by atoms with Crippen LogP contribution in [0.4, 0.5) is 0 Å². The first-order valence-electron chi connectivity index (χ1n) is 11.9. The first-order chi connectivity index (χ1) is 16.0. The summed E-state index contributed by atoms with van der Waals surface area (Å²) in [5, 5.41) is 18.2. The number of carboxylic acid groups (broad SMARTS) is 1. The molecule has 1 unspecified atom stereocenters. The number of benzene rings is 1. The summed E-state index contributed by atoms with van der Waals surface area (Å²) < 4.78 is 0. The molecule has 1 saturated heterocycles. The van der Waals surface area contributed by atoms with Gasteiger partial charge in [-0.2, -0.15) is 0 Å². The molecule has 1 aliphatic heterocycles. The maximum atomic E-state index is 13.6. The minimum atomic E-state index is -1.04. The maximum absolute atomic E-state index is 13.6. The van der Waals surface area contributed by atoms with E-state index in [1.807, 2.05) is 39.0 Å². The molecule has 0 radical (unpaired) electrons. The lowest BCUT2D eigenvalue weighted by atomic mass is 9.85. The molecule has 4 N–H and O–H groups in total. The summed E-state index contributed by atoms with van der Waals surface area (Å²) in [4.78, 5) is 52.4. The Balaban J connectivity index is 1.83. The van der Waals surface area contributed by atoms with E-state index in [4.69, 9.17) is 0 Å². The molecule has 1 heterocycles. The molecule has 34 heavy (non-hydrogen) atoms. The number of likely N-dealkylation sites (tertiary alicyclic amines) is 1. The van der Waals surface area contributed by atoms with Crippen LogP contribution in [0.2, 0.25) is 0 Å². The third kappa shape index (κ3) is 5.75. The summed E-state index contributed by atoms with van der Waals surface area (Å²) >= 11 is 0. The van der Waals surface area contributed by atoms with Crippen LogP contribution < -0.4 is 16.0 Å². The molecular formula is C25H36N4O5. The van der Waals surface area contributed by atoms with Gasteiger partial charge < -0.3 is 26.0 Å². The van der Waals surface area contributed by atoms with Crippen LogP contribution in [0.5, 0.6) is 0 Å². The molecule has 9 heteroatoms. The van der Waals surface area contributed by atoms with Crippen LogP contribution in [0.25, 0.3) is 0 Å². The zero-order valence-corrected chi connectivity index (χ0v) is 20.4. The van der Waals surface area contributed by atoms with Crippen molar-refractivity contribution in [2.24, 2.45) is 11.3 Å². The van der Waals surface area contributed by atoms with Crippen LogP contribution in [0.3, 0.4) is 0 Å². The predicted molar refractivity (Wildman–Crippen MR) is 127 cm³/mol. The molecule has 1 aliphatic carbocycles. The number of amides is 3. The molecule has 1 aromatic carbocycles. The smallest absolute Gasteiger partial charge is 0.308 e. The molecule has 1 aromatic rings. The number of nitrogens with zero attached hydrogens (tertiary/aromatic N) is 1. The summed E-state index contributed by atoms with van der Waals surface area (Å²) in [7, 11) is 1.63. The largest absolute Gasteiger partial charge is 0.481 e. The van der Waals surface area contributed by atoms with Gasteiger partial charge in [0.1, 0.15) is 12.1 Å². The Morgan fingerprint density at radius 3 is 2.53 bits per heavy atom. The number of rotatable bonds is 7. The number of likely N-dealkylation sites (N-methyl/N-ethyl adjacent to an activating group) is 1. The SMILES string of the molecule is CNCC(=O)N[C@H](C(=O)N1CC(C(=O)O)C[C@H]1C(=O)N[C@@H]1CCCc2ccccc21)C(C)(C)C. The average Bonchev–Trinajstić information content (AvgIpc) is 3.23. The number of aliphatic carboxylic acids is 1. The van der Waals surface area contributed by atoms with Gasteiger partial charge in [0.25, 0.3) is 0 Å². The van der Waals surface area contributed by atoms with Crippen molar-refractivity contribution >= 4 is 23.7 Å². The summed E-state index contributed by atoms with van der Waals surface area (Å²) in [6.45, 7) is 5.46. The van der Waals surface area contributed by atoms with E-state index in [-0.39, 0.29) is 37.4 Å². The third-order valence-corrected chi connectivity index (χ3v) is 6.68. The second-order valence-corrected chi connectivity index (χ2v) is 10.3. The monoisotopic (exact) mass is 472 g/mol. The fourth-order valence-electron chi connectivity index (χ4n) is 4.87. The van der Waals surface area contributed by atoms with Crippen LogP contribution in [0.15, 0.2) is 24.3 Å². The first kappa shape index (κ1) is 25.7. The van der Waals surface area contributed by atoms with Gasteiger partial charge in [0.05, 0.1) is 18.5 Å². The fourth-order valence-corrected chi connectivity index (χ4v) is 4.87. The highest BCUT2D eigenvalue weighted by Gasteiger charge is 2.47. The van der Waals surface area contributed by atoms with E-state index in [0.29, 0.717) is 0 Å². The molecule has 0 saturated carbocycles. The second-order valence-electron chi connectivity index (χ2n) is 10.3. The Hall–Kier alpha value is -2.94. The van der Waals surface area contributed by atoms with Crippen molar-refractivity contribution in [3.8, 4) is 0 Å². The molecule has 3 rings (SSSR count). The van der Waals surface area contributed by atoms with Crippen LogP contribution in [0, 0.1) is 11.3 Å². The van der Waals surface area contributed by atoms with Crippen LogP contribution in [0.1, 0.15) is 57.2 Å². The highest BCUT2D eigenvalue weighted by molar-refractivity contribution is 5.94. The Bertz CT molecular complexity index is 941. The van der Waals surface area contributed by atoms with E-state index in [1.165, 1.54) is 10.5 Å². The number of hydrogen-bond acceptors (Lipinski definition) is 5. The molecule has 9 nitrogen and oxygen atoms in total. The number of hydrogen-bond donors (Lipinski definition) is 4. The van der Waals surface area contributed by atoms with Crippen molar-refractivity contribution in [3.05, 3.63) is 35.4 Å². The van der Waals surface area contributed by atoms with Gasteiger partial charge >= 0.3 is 5.97 Å². The number of aryl methyl sites for hydroxylation is 1. The summed E-state index contributed by atoms with van der Waals surface area (Å²) in [6.07, 6.45) is 2.73. The fraction of sp³-hybridized carbons (Fsp3) is 0.600. The number of carbonyl (C=O) groups is 4. The maximum Gasteiger partial charge on any atom is 0.308 e. The summed E-state index contributed by atoms with van der Waals surface area (Å²) in [5.41, 5.74) is 1.63. The minimum absolute atomic E-state index is 0.0442. The molecule has 1 fully saturated rings. The van der Waals surface area contributed by atoms with Gasteiger partial charge in [-0.15, -0.1) is 0 Å². The molecule has 3 amide bonds. The molecule has 2 aliphatic rings. The standard InChI is InChI=1S/C25H36N4O5/c1-25(2,3)21(28-20(30)13-26-4)23(32)29-14-16(24(33)34)12-19(29)22(31)27-18-11-7-9-15-8-5-6-10-17(15)18/h5-6,8,10,16,18-19,21,26H,7,9,11-14H2,1-4H3,(H,27,31)(H,28,30)(H,33,34)/t16?,18-,19+,21-/m1/s1. The van der Waals surface area contributed by atoms with E-state index in [0.717, 1.165) is 24.8 Å². The highest BCUT2D eigenvalue weighted by Crippen LogP contribution is 2.32. The van der Waals surface area contributed by atoms with Crippen molar-refractivity contribution < 1.29 is 24.3 Å². The minimum Gasteiger partial charge on any atom is -0.481 e. The summed E-state index contributed by atoms with van der Waals surface area (Å²) in [5.74, 6) is -3.02. The number of fused-ring (bicyclic) bond motifs is 1. The van der Waals surface area contributed by atoms with Crippen molar-refractivity contribution in [2.75, 3.05) is 20.1 Å². The molecule has 186 valence electrons. The van der Waals surface area contributed by atoms with Crippen LogP contribution in [-0.4, -0.2) is 65.9 Å². The number of carboxylic acids is 1. The quantitative estimate of drug-likeness (QED) is 0.473. The topological polar surface area (TPSA) is 128 Å². The molecule has 0 bridgehead atoms. The molecule has 0 spiro atoms. The first-order valence-corrected chi connectivity index (χ1v) is 11.9. The highest BCUT2D eigenvalue weighted by atomic mass is 16.4. The lowest BCUT2D eigenvalue weighted by Crippen LogP contribution is -2.58. The Kier molecular flexibility index (Phi) is 7.97. The van der Waals surface area contributed by atoms with E-state index >= 15 is 0 Å². The average molecular weight is 473 g/mol. The van der Waals surface area contributed by atoms with Crippen LogP contribution in [-0.2, 0) is 25.6 Å². The zero-order valence-electron chi connectivity index (χ0n) is 20.4. The van der Waals surface area contributed by atoms with Gasteiger partial charge in [-0.05, 0) is 49.3 Å². The van der Waals surface area contributed by atoms with Crippen molar-refractivity contribution in [3.63, 3.8) is 0 Å². The Labute approximate surface area is 200 Å².